The summed E-state index contributed by atoms with van der Waals surface area (Å²) in [7, 11) is 0. The van der Waals surface area contributed by atoms with Gasteiger partial charge < -0.3 is 20.5 Å². The van der Waals surface area contributed by atoms with E-state index < -0.39 is 0 Å². The summed E-state index contributed by atoms with van der Waals surface area (Å²) in [5.41, 5.74) is 6.84. The third-order valence-corrected chi connectivity index (χ3v) is 3.77. The summed E-state index contributed by atoms with van der Waals surface area (Å²) in [6.07, 6.45) is 0. The number of halogens is 2. The predicted octanol–water partition coefficient (Wildman–Crippen LogP) is 3.56. The van der Waals surface area contributed by atoms with E-state index in [4.69, 9.17) is 38.4 Å². The Morgan fingerprint density at radius 1 is 1.14 bits per heavy atom. The number of amides is 1. The molecule has 1 heterocycles. The number of nitrogens with one attached hydrogen (secondary N) is 1. The summed E-state index contributed by atoms with van der Waals surface area (Å²) < 4.78 is 10.5. The molecular weight excluding hydrogens is 315 g/mol. The number of carbonyl (C=O) groups is 1. The molecule has 0 saturated heterocycles. The van der Waals surface area contributed by atoms with E-state index in [0.717, 1.165) is 0 Å². The van der Waals surface area contributed by atoms with Crippen LogP contribution in [0.15, 0.2) is 30.3 Å². The lowest BCUT2D eigenvalue weighted by Crippen LogP contribution is -2.12. The minimum Gasteiger partial charge on any atom is -0.454 e. The first-order valence-corrected chi connectivity index (χ1v) is 6.76. The number of nitrogen functional groups attached to an aromatic ring is 1. The average Bonchev–Trinajstić information content (AvgIpc) is 2.91. The minimum absolute atomic E-state index is 0.177. The highest BCUT2D eigenvalue weighted by Crippen LogP contribution is 2.34. The zero-order chi connectivity index (χ0) is 15.0. The van der Waals surface area contributed by atoms with E-state index in [2.05, 4.69) is 5.32 Å². The van der Waals surface area contributed by atoms with Gasteiger partial charge >= 0.3 is 0 Å². The van der Waals surface area contributed by atoms with Crippen molar-refractivity contribution in [2.24, 2.45) is 0 Å². The molecule has 1 amide bonds. The Morgan fingerprint density at radius 2 is 1.90 bits per heavy atom. The molecule has 7 heteroatoms. The second-order valence-electron chi connectivity index (χ2n) is 4.38. The van der Waals surface area contributed by atoms with Crippen LogP contribution in [0.25, 0.3) is 0 Å². The van der Waals surface area contributed by atoms with Crippen LogP contribution in [0.3, 0.4) is 0 Å². The third-order valence-electron chi connectivity index (χ3n) is 2.95. The number of anilines is 2. The van der Waals surface area contributed by atoms with Crippen molar-refractivity contribution >= 4 is 40.5 Å². The van der Waals surface area contributed by atoms with Crippen molar-refractivity contribution in [3.63, 3.8) is 0 Å². The summed E-state index contributed by atoms with van der Waals surface area (Å²) in [5.74, 6) is 0.882. The molecule has 108 valence electrons. The molecule has 21 heavy (non-hydrogen) atoms. The van der Waals surface area contributed by atoms with Gasteiger partial charge in [-0.1, -0.05) is 23.2 Å². The number of hydrogen-bond acceptors (Lipinski definition) is 4. The van der Waals surface area contributed by atoms with Crippen molar-refractivity contribution in [1.29, 1.82) is 0 Å². The van der Waals surface area contributed by atoms with E-state index in [-0.39, 0.29) is 28.4 Å². The molecule has 0 aliphatic carbocycles. The van der Waals surface area contributed by atoms with Crippen molar-refractivity contribution in [1.82, 2.24) is 0 Å². The average molecular weight is 325 g/mol. The van der Waals surface area contributed by atoms with Crippen molar-refractivity contribution in [3.05, 3.63) is 45.9 Å². The maximum absolute atomic E-state index is 12.2. The maximum Gasteiger partial charge on any atom is 0.255 e. The molecule has 0 atom stereocenters. The lowest BCUT2D eigenvalue weighted by Gasteiger charge is -2.08. The molecule has 0 radical (unpaired) electrons. The Labute approximate surface area is 130 Å². The molecular formula is C14H10Cl2N2O3. The summed E-state index contributed by atoms with van der Waals surface area (Å²) in [6, 6.07) is 8.05. The highest BCUT2D eigenvalue weighted by molar-refractivity contribution is 6.44. The molecule has 1 aliphatic heterocycles. The largest absolute Gasteiger partial charge is 0.454 e. The number of ether oxygens (including phenoxy) is 2. The Bertz CT molecular complexity index is 711. The van der Waals surface area contributed by atoms with E-state index in [1.807, 2.05) is 0 Å². The number of rotatable bonds is 2. The van der Waals surface area contributed by atoms with E-state index >= 15 is 0 Å². The van der Waals surface area contributed by atoms with Gasteiger partial charge in [-0.25, -0.2) is 0 Å². The van der Waals surface area contributed by atoms with E-state index in [1.54, 1.807) is 18.2 Å². The topological polar surface area (TPSA) is 73.6 Å². The van der Waals surface area contributed by atoms with Gasteiger partial charge in [0.15, 0.2) is 11.5 Å². The van der Waals surface area contributed by atoms with Crippen LogP contribution < -0.4 is 20.5 Å². The molecule has 5 nitrogen and oxygen atoms in total. The quantitative estimate of drug-likeness (QED) is 0.828. The fourth-order valence-electron chi connectivity index (χ4n) is 1.92. The van der Waals surface area contributed by atoms with Crippen LogP contribution in [-0.2, 0) is 0 Å². The zero-order valence-electron chi connectivity index (χ0n) is 10.7. The fraction of sp³-hybridized carbons (Fsp3) is 0.0714. The zero-order valence-corrected chi connectivity index (χ0v) is 12.2. The van der Waals surface area contributed by atoms with Crippen LogP contribution in [0, 0.1) is 0 Å². The van der Waals surface area contributed by atoms with Gasteiger partial charge in [-0.3, -0.25) is 4.79 Å². The van der Waals surface area contributed by atoms with Crippen LogP contribution in [0.1, 0.15) is 10.4 Å². The van der Waals surface area contributed by atoms with Crippen molar-refractivity contribution < 1.29 is 14.3 Å². The molecule has 1 aliphatic rings. The molecule has 2 aromatic rings. The standard InChI is InChI=1S/C14H10Cl2N2O3/c15-9-3-7(4-10(17)13(9)16)14(19)18-8-1-2-11-12(5-8)21-6-20-11/h1-5H,6,17H2,(H,18,19). The van der Waals surface area contributed by atoms with Crippen molar-refractivity contribution in [3.8, 4) is 11.5 Å². The Morgan fingerprint density at radius 3 is 2.67 bits per heavy atom. The highest BCUT2D eigenvalue weighted by Gasteiger charge is 2.15. The number of fused-ring (bicyclic) bond motifs is 1. The molecule has 0 aromatic heterocycles. The molecule has 0 unspecified atom stereocenters. The van der Waals surface area contributed by atoms with E-state index in [9.17, 15) is 4.79 Å². The Hall–Kier alpha value is -2.11. The van der Waals surface area contributed by atoms with Gasteiger partial charge in [0.05, 0.1) is 15.7 Å². The lowest BCUT2D eigenvalue weighted by molar-refractivity contribution is 0.102. The number of benzene rings is 2. The summed E-state index contributed by atoms with van der Waals surface area (Å²) >= 11 is 11.8. The van der Waals surface area contributed by atoms with Gasteiger partial charge in [-0.05, 0) is 24.3 Å². The van der Waals surface area contributed by atoms with Crippen LogP contribution in [0.2, 0.25) is 10.0 Å². The second kappa shape index (κ2) is 5.35. The summed E-state index contributed by atoms with van der Waals surface area (Å²) in [4.78, 5) is 12.2. The Kier molecular flexibility index (Phi) is 3.53. The normalized spacial score (nSPS) is 12.3. The van der Waals surface area contributed by atoms with E-state index in [1.165, 1.54) is 12.1 Å². The Balaban J connectivity index is 1.83. The smallest absolute Gasteiger partial charge is 0.255 e. The predicted molar refractivity (Wildman–Crippen MR) is 81.4 cm³/mol. The molecule has 0 spiro atoms. The van der Waals surface area contributed by atoms with Crippen LogP contribution in [0.5, 0.6) is 11.5 Å². The van der Waals surface area contributed by atoms with Gasteiger partial charge in [0, 0.05) is 17.3 Å². The first-order chi connectivity index (χ1) is 10.0. The molecule has 3 rings (SSSR count). The lowest BCUT2D eigenvalue weighted by atomic mass is 10.2. The van der Waals surface area contributed by atoms with Gasteiger partial charge in [0.2, 0.25) is 6.79 Å². The molecule has 0 bridgehead atoms. The minimum atomic E-state index is -0.348. The third kappa shape index (κ3) is 2.70. The van der Waals surface area contributed by atoms with Gasteiger partial charge in [-0.2, -0.15) is 0 Å². The number of carbonyl (C=O) groups excluding carboxylic acids is 1. The molecule has 3 N–H and O–H groups in total. The highest BCUT2D eigenvalue weighted by atomic mass is 35.5. The number of nitrogens with two attached hydrogens (primary N) is 1. The van der Waals surface area contributed by atoms with Crippen LogP contribution >= 0.6 is 23.2 Å². The van der Waals surface area contributed by atoms with Crippen molar-refractivity contribution in [2.75, 3.05) is 17.8 Å². The fourth-order valence-corrected chi connectivity index (χ4v) is 2.25. The first kappa shape index (κ1) is 13.9. The SMILES string of the molecule is Nc1cc(C(=O)Nc2ccc3c(c2)OCO3)cc(Cl)c1Cl. The molecule has 0 fully saturated rings. The molecule has 0 saturated carbocycles. The summed E-state index contributed by atoms with van der Waals surface area (Å²) in [5, 5.41) is 3.19. The van der Waals surface area contributed by atoms with Crippen molar-refractivity contribution in [2.45, 2.75) is 0 Å². The second-order valence-corrected chi connectivity index (χ2v) is 5.17. The van der Waals surface area contributed by atoms with Gasteiger partial charge in [0.25, 0.3) is 5.91 Å². The monoisotopic (exact) mass is 324 g/mol. The van der Waals surface area contributed by atoms with Crippen LogP contribution in [0.4, 0.5) is 11.4 Å². The van der Waals surface area contributed by atoms with Crippen LogP contribution in [-0.4, -0.2) is 12.7 Å². The van der Waals surface area contributed by atoms with E-state index in [0.29, 0.717) is 22.7 Å². The first-order valence-electron chi connectivity index (χ1n) is 6.00. The number of hydrogen-bond donors (Lipinski definition) is 2. The van der Waals surface area contributed by atoms with Gasteiger partial charge in [0.1, 0.15) is 0 Å². The summed E-state index contributed by atoms with van der Waals surface area (Å²) in [6.45, 7) is 0.177. The maximum atomic E-state index is 12.2. The molecule has 2 aromatic carbocycles. The van der Waals surface area contributed by atoms with Gasteiger partial charge in [-0.15, -0.1) is 0 Å².